The zero-order valence-corrected chi connectivity index (χ0v) is 7.32. The average Bonchev–Trinajstić information content (AvgIpc) is 1.88. The highest BCUT2D eigenvalue weighted by molar-refractivity contribution is 4.42. The van der Waals surface area contributed by atoms with E-state index in [-0.39, 0.29) is 19.4 Å². The molecule has 0 aliphatic rings. The van der Waals surface area contributed by atoms with Gasteiger partial charge in [-0.05, 0) is 0 Å². The van der Waals surface area contributed by atoms with E-state index in [2.05, 4.69) is 0 Å². The van der Waals surface area contributed by atoms with Gasteiger partial charge >= 0.3 is 0 Å². The summed E-state index contributed by atoms with van der Waals surface area (Å²) in [5.41, 5.74) is 5.69. The normalized spacial score (nSPS) is 15.0. The number of aliphatic hydroxyl groups excluding tert-OH is 2. The fourth-order valence-corrected chi connectivity index (χ4v) is 0.976. The second-order valence-electron chi connectivity index (χ2n) is 3.11. The van der Waals surface area contributed by atoms with Crippen molar-refractivity contribution in [1.82, 2.24) is 0 Å². The van der Waals surface area contributed by atoms with Gasteiger partial charge in [0.05, 0.1) is 20.3 Å². The molecule has 0 rings (SSSR count). The first kappa shape index (κ1) is 10.8. The van der Waals surface area contributed by atoms with Gasteiger partial charge in [-0.25, -0.2) is 0 Å². The summed E-state index contributed by atoms with van der Waals surface area (Å²) < 4.78 is 0.521. The predicted molar refractivity (Wildman–Crippen MR) is 43.7 cm³/mol. The molecule has 0 saturated heterocycles. The SMILES string of the molecule is CC(N)[N+](C)(CCO)CCO. The maximum atomic E-state index is 8.72. The Morgan fingerprint density at radius 2 is 1.64 bits per heavy atom. The highest BCUT2D eigenvalue weighted by Gasteiger charge is 2.24. The standard InChI is InChI=1S/C7H19N2O2/c1-7(8)9(2,3-5-10)4-6-11/h7,10-11H,3-6,8H2,1-2H3/q+1. The van der Waals surface area contributed by atoms with Crippen molar-refractivity contribution in [1.29, 1.82) is 0 Å². The van der Waals surface area contributed by atoms with Gasteiger partial charge in [0.2, 0.25) is 0 Å². The summed E-state index contributed by atoms with van der Waals surface area (Å²) >= 11 is 0. The van der Waals surface area contributed by atoms with Gasteiger partial charge in [-0.15, -0.1) is 0 Å². The molecule has 0 bridgehead atoms. The molecule has 0 aliphatic carbocycles. The van der Waals surface area contributed by atoms with Crippen LogP contribution in [-0.4, -0.2) is 54.2 Å². The van der Waals surface area contributed by atoms with E-state index in [4.69, 9.17) is 15.9 Å². The van der Waals surface area contributed by atoms with Gasteiger partial charge < -0.3 is 14.7 Å². The van der Waals surface area contributed by atoms with Crippen molar-refractivity contribution in [2.45, 2.75) is 13.1 Å². The minimum atomic E-state index is -0.0469. The Morgan fingerprint density at radius 1 is 1.27 bits per heavy atom. The van der Waals surface area contributed by atoms with Gasteiger partial charge in [-0.2, -0.15) is 0 Å². The van der Waals surface area contributed by atoms with E-state index in [9.17, 15) is 0 Å². The predicted octanol–water partition coefficient (Wildman–Crippen LogP) is -1.28. The van der Waals surface area contributed by atoms with Crippen LogP contribution in [0.3, 0.4) is 0 Å². The van der Waals surface area contributed by atoms with E-state index >= 15 is 0 Å². The zero-order valence-electron chi connectivity index (χ0n) is 7.32. The fourth-order valence-electron chi connectivity index (χ4n) is 0.976. The Labute approximate surface area is 67.8 Å². The number of aliphatic hydroxyl groups is 2. The summed E-state index contributed by atoms with van der Waals surface area (Å²) in [6.07, 6.45) is -0.0469. The molecule has 0 saturated carbocycles. The lowest BCUT2D eigenvalue weighted by Crippen LogP contribution is -2.57. The summed E-state index contributed by atoms with van der Waals surface area (Å²) in [5, 5.41) is 17.4. The summed E-state index contributed by atoms with van der Waals surface area (Å²) in [4.78, 5) is 0. The van der Waals surface area contributed by atoms with Gasteiger partial charge in [0.1, 0.15) is 19.3 Å². The smallest absolute Gasteiger partial charge is 0.137 e. The molecule has 0 heterocycles. The first-order valence-electron chi connectivity index (χ1n) is 3.88. The maximum Gasteiger partial charge on any atom is 0.137 e. The number of hydrogen-bond acceptors (Lipinski definition) is 3. The minimum absolute atomic E-state index is 0.0469. The summed E-state index contributed by atoms with van der Waals surface area (Å²) in [7, 11) is 1.93. The van der Waals surface area contributed by atoms with Gasteiger partial charge in [0.25, 0.3) is 0 Å². The summed E-state index contributed by atoms with van der Waals surface area (Å²) in [5.74, 6) is 0. The van der Waals surface area contributed by atoms with Gasteiger partial charge in [0, 0.05) is 6.92 Å². The van der Waals surface area contributed by atoms with Gasteiger partial charge in [0.15, 0.2) is 0 Å². The number of nitrogens with two attached hydrogens (primary N) is 1. The zero-order chi connectivity index (χ0) is 8.91. The number of hydrogen-bond donors (Lipinski definition) is 3. The molecule has 68 valence electrons. The molecular formula is C7H19N2O2+. The fraction of sp³-hybridized carbons (Fsp3) is 1.00. The molecule has 0 spiro atoms. The van der Waals surface area contributed by atoms with Crippen LogP contribution in [0.2, 0.25) is 0 Å². The number of nitrogens with zero attached hydrogens (tertiary/aromatic N) is 1. The van der Waals surface area contributed by atoms with E-state index in [0.717, 1.165) is 0 Å². The van der Waals surface area contributed by atoms with Gasteiger partial charge in [-0.3, -0.25) is 5.73 Å². The third-order valence-electron chi connectivity index (χ3n) is 2.20. The minimum Gasteiger partial charge on any atom is -0.391 e. The maximum absolute atomic E-state index is 8.72. The Kier molecular flexibility index (Phi) is 4.60. The highest BCUT2D eigenvalue weighted by Crippen LogP contribution is 2.03. The molecule has 0 aromatic rings. The molecule has 0 radical (unpaired) electrons. The third kappa shape index (κ3) is 3.16. The van der Waals surface area contributed by atoms with Crippen LogP contribution in [0.25, 0.3) is 0 Å². The largest absolute Gasteiger partial charge is 0.391 e. The molecule has 11 heavy (non-hydrogen) atoms. The molecule has 4 nitrogen and oxygen atoms in total. The van der Waals surface area contributed by atoms with Crippen LogP contribution in [0, 0.1) is 0 Å². The van der Waals surface area contributed by atoms with Crippen LogP contribution in [0.15, 0.2) is 0 Å². The Balaban J connectivity index is 4.01. The Morgan fingerprint density at radius 3 is 1.82 bits per heavy atom. The molecule has 0 fully saturated rings. The molecule has 4 N–H and O–H groups in total. The topological polar surface area (TPSA) is 66.5 Å². The van der Waals surface area contributed by atoms with E-state index in [0.29, 0.717) is 17.6 Å². The molecule has 1 atom stereocenters. The Hall–Kier alpha value is -0.160. The van der Waals surface area contributed by atoms with E-state index in [1.54, 1.807) is 0 Å². The van der Waals surface area contributed by atoms with Crippen molar-refractivity contribution in [2.75, 3.05) is 33.4 Å². The molecule has 1 unspecified atom stereocenters. The van der Waals surface area contributed by atoms with Crippen LogP contribution in [0.1, 0.15) is 6.92 Å². The van der Waals surface area contributed by atoms with Crippen molar-refractivity contribution < 1.29 is 14.7 Å². The van der Waals surface area contributed by atoms with Crippen LogP contribution in [0.4, 0.5) is 0 Å². The van der Waals surface area contributed by atoms with E-state index in [1.807, 2.05) is 14.0 Å². The van der Waals surface area contributed by atoms with Crippen molar-refractivity contribution in [3.05, 3.63) is 0 Å². The first-order valence-corrected chi connectivity index (χ1v) is 3.88. The van der Waals surface area contributed by atoms with E-state index in [1.165, 1.54) is 0 Å². The van der Waals surface area contributed by atoms with Crippen molar-refractivity contribution in [3.8, 4) is 0 Å². The van der Waals surface area contributed by atoms with Crippen LogP contribution < -0.4 is 5.73 Å². The van der Waals surface area contributed by atoms with Crippen molar-refractivity contribution in [3.63, 3.8) is 0 Å². The van der Waals surface area contributed by atoms with Crippen LogP contribution in [-0.2, 0) is 0 Å². The molecule has 0 aromatic heterocycles. The molecule has 0 aliphatic heterocycles. The number of likely N-dealkylation sites (N-methyl/N-ethyl adjacent to an activating group) is 1. The second kappa shape index (κ2) is 4.66. The average molecular weight is 163 g/mol. The second-order valence-corrected chi connectivity index (χ2v) is 3.11. The lowest BCUT2D eigenvalue weighted by atomic mass is 10.3. The van der Waals surface area contributed by atoms with Crippen molar-refractivity contribution in [2.24, 2.45) is 5.73 Å². The third-order valence-corrected chi connectivity index (χ3v) is 2.20. The molecule has 0 aromatic carbocycles. The molecule has 0 amide bonds. The van der Waals surface area contributed by atoms with Crippen molar-refractivity contribution >= 4 is 0 Å². The number of quaternary nitrogens is 1. The lowest BCUT2D eigenvalue weighted by molar-refractivity contribution is -0.931. The van der Waals surface area contributed by atoms with E-state index < -0.39 is 0 Å². The monoisotopic (exact) mass is 163 g/mol. The number of rotatable bonds is 5. The van der Waals surface area contributed by atoms with Crippen LogP contribution in [0.5, 0.6) is 0 Å². The lowest BCUT2D eigenvalue weighted by Gasteiger charge is -2.36. The summed E-state index contributed by atoms with van der Waals surface area (Å²) in [6.45, 7) is 3.29. The Bertz CT molecular complexity index is 101. The summed E-state index contributed by atoms with van der Waals surface area (Å²) in [6, 6.07) is 0. The molecule has 4 heteroatoms. The molecular weight excluding hydrogens is 144 g/mol. The highest BCUT2D eigenvalue weighted by atomic mass is 16.3. The van der Waals surface area contributed by atoms with Crippen LogP contribution >= 0.6 is 0 Å². The van der Waals surface area contributed by atoms with Gasteiger partial charge in [-0.1, -0.05) is 0 Å². The first-order chi connectivity index (χ1) is 5.06. The quantitative estimate of drug-likeness (QED) is 0.349.